The molecule has 2 aromatic rings. The number of phenols is 1. The van der Waals surface area contributed by atoms with Gasteiger partial charge in [-0.05, 0) is 18.6 Å². The topological polar surface area (TPSA) is 101 Å². The summed E-state index contributed by atoms with van der Waals surface area (Å²) < 4.78 is 35.0. The first-order chi connectivity index (χ1) is 10.9. The first kappa shape index (κ1) is 21.3. The average Bonchev–Trinajstić information content (AvgIpc) is 2.51. The number of carbonyl (C=O) groups excluding carboxylic acids is 1. The number of carbonyl (C=O) groups is 1. The quantitative estimate of drug-likeness (QED) is 0.332. The van der Waals surface area contributed by atoms with E-state index < -0.39 is 15.9 Å². The van der Waals surface area contributed by atoms with E-state index in [0.29, 0.717) is 11.3 Å². The molecule has 0 aromatic heterocycles. The van der Waals surface area contributed by atoms with Crippen LogP contribution in [0.15, 0.2) is 48.5 Å². The van der Waals surface area contributed by atoms with Gasteiger partial charge in [0.1, 0.15) is 11.5 Å². The molecule has 0 heterocycles. The van der Waals surface area contributed by atoms with Gasteiger partial charge in [-0.15, -0.1) is 0 Å². The molecule has 0 aliphatic heterocycles. The van der Waals surface area contributed by atoms with Crippen LogP contribution in [0.25, 0.3) is 0 Å². The number of hydrogen-bond donors (Lipinski definition) is 2. The van der Waals surface area contributed by atoms with Gasteiger partial charge in [-0.2, -0.15) is 8.42 Å². The van der Waals surface area contributed by atoms with E-state index in [0.717, 1.165) is 0 Å². The van der Waals surface area contributed by atoms with Crippen LogP contribution in [0.4, 0.5) is 0 Å². The van der Waals surface area contributed by atoms with E-state index in [2.05, 4.69) is 0 Å². The van der Waals surface area contributed by atoms with Crippen molar-refractivity contribution in [2.75, 3.05) is 12.4 Å². The first-order valence-corrected chi connectivity index (χ1v) is 8.48. The molecular weight excluding hydrogens is 359 g/mol. The van der Waals surface area contributed by atoms with E-state index in [1.54, 1.807) is 30.3 Å². The van der Waals surface area contributed by atoms with Gasteiger partial charge in [0.25, 0.3) is 10.1 Å². The molecule has 8 heteroatoms. The van der Waals surface area contributed by atoms with E-state index in [9.17, 15) is 18.3 Å². The molecule has 0 saturated carbocycles. The van der Waals surface area contributed by atoms with Gasteiger partial charge in [0.2, 0.25) is 0 Å². The summed E-state index contributed by atoms with van der Waals surface area (Å²) in [5.41, 5.74) is 0.617. The van der Waals surface area contributed by atoms with Gasteiger partial charge in [0, 0.05) is 63.0 Å². The van der Waals surface area contributed by atoms with E-state index in [1.807, 2.05) is 0 Å². The maximum atomic E-state index is 12.3. The molecule has 0 amide bonds. The van der Waals surface area contributed by atoms with Gasteiger partial charge in [-0.1, -0.05) is 30.3 Å². The van der Waals surface area contributed by atoms with Crippen molar-refractivity contribution in [1.82, 2.24) is 0 Å². The minimum absolute atomic E-state index is 0. The molecular formula is C16H16KO6S. The molecule has 0 atom stereocenters. The molecule has 6 nitrogen and oxygen atoms in total. The van der Waals surface area contributed by atoms with Crippen molar-refractivity contribution >= 4 is 67.3 Å². The van der Waals surface area contributed by atoms with Crippen molar-refractivity contribution < 1.29 is 27.6 Å². The fourth-order valence-corrected chi connectivity index (χ4v) is 2.45. The third-order valence-electron chi connectivity index (χ3n) is 3.07. The number of aromatic hydroxyl groups is 1. The van der Waals surface area contributed by atoms with Gasteiger partial charge < -0.3 is 9.84 Å². The summed E-state index contributed by atoms with van der Waals surface area (Å²) in [5.74, 6) is -0.613. The van der Waals surface area contributed by atoms with E-state index >= 15 is 0 Å². The predicted octanol–water partition coefficient (Wildman–Crippen LogP) is 1.90. The van der Waals surface area contributed by atoms with Gasteiger partial charge in [-0.3, -0.25) is 9.35 Å². The molecule has 0 aliphatic carbocycles. The molecule has 0 unspecified atom stereocenters. The Hall–Kier alpha value is -0.744. The summed E-state index contributed by atoms with van der Waals surface area (Å²) in [7, 11) is -4.01. The Morgan fingerprint density at radius 3 is 2.33 bits per heavy atom. The van der Waals surface area contributed by atoms with Crippen molar-refractivity contribution in [3.8, 4) is 11.5 Å². The summed E-state index contributed by atoms with van der Waals surface area (Å²) in [6.07, 6.45) is 0.115. The Morgan fingerprint density at radius 2 is 1.75 bits per heavy atom. The molecule has 0 fully saturated rings. The summed E-state index contributed by atoms with van der Waals surface area (Å²) in [6.45, 7) is 0.0607. The molecule has 123 valence electrons. The molecule has 24 heavy (non-hydrogen) atoms. The van der Waals surface area contributed by atoms with Gasteiger partial charge >= 0.3 is 0 Å². The van der Waals surface area contributed by atoms with Gasteiger partial charge in [0.15, 0.2) is 5.78 Å². The minimum atomic E-state index is -4.01. The Kier molecular flexibility index (Phi) is 8.58. The van der Waals surface area contributed by atoms with E-state index in [-0.39, 0.29) is 81.5 Å². The predicted molar refractivity (Wildman–Crippen MR) is 90.3 cm³/mol. The van der Waals surface area contributed by atoms with Crippen molar-refractivity contribution in [3.05, 3.63) is 59.7 Å². The second kappa shape index (κ2) is 9.66. The second-order valence-electron chi connectivity index (χ2n) is 4.86. The smallest absolute Gasteiger partial charge is 0.264 e. The van der Waals surface area contributed by atoms with E-state index in [1.165, 1.54) is 18.2 Å². The van der Waals surface area contributed by atoms with Crippen LogP contribution in [0, 0.1) is 0 Å². The van der Waals surface area contributed by atoms with Gasteiger partial charge in [0.05, 0.1) is 17.9 Å². The summed E-state index contributed by atoms with van der Waals surface area (Å²) in [6, 6.07) is 12.8. The molecule has 2 aromatic carbocycles. The van der Waals surface area contributed by atoms with Crippen LogP contribution in [-0.2, 0) is 10.1 Å². The molecule has 0 aliphatic rings. The van der Waals surface area contributed by atoms with Crippen LogP contribution in [0.2, 0.25) is 0 Å². The molecule has 2 N–H and O–H groups in total. The molecule has 0 bridgehead atoms. The Balaban J connectivity index is 0.00000288. The van der Waals surface area contributed by atoms with Crippen molar-refractivity contribution in [2.45, 2.75) is 6.42 Å². The second-order valence-corrected chi connectivity index (χ2v) is 6.43. The minimum Gasteiger partial charge on any atom is -0.507 e. The first-order valence-electron chi connectivity index (χ1n) is 6.87. The zero-order valence-electron chi connectivity index (χ0n) is 13.2. The summed E-state index contributed by atoms with van der Waals surface area (Å²) in [4.78, 5) is 12.3. The van der Waals surface area contributed by atoms with Crippen molar-refractivity contribution in [1.29, 1.82) is 0 Å². The van der Waals surface area contributed by atoms with Crippen molar-refractivity contribution in [3.63, 3.8) is 0 Å². The summed E-state index contributed by atoms with van der Waals surface area (Å²) in [5, 5.41) is 9.97. The third-order valence-corrected chi connectivity index (χ3v) is 3.87. The molecule has 1 radical (unpaired) electrons. The fourth-order valence-electron chi connectivity index (χ4n) is 1.97. The zero-order valence-corrected chi connectivity index (χ0v) is 17.1. The molecule has 2 rings (SSSR count). The average molecular weight is 375 g/mol. The standard InChI is InChI=1S/C16H16O6S.K/c17-15-11-13(22-9-4-10-23(19,20)21)7-8-14(15)16(18)12-5-2-1-3-6-12;/h1-3,5-8,11,17H,4,9-10H2,(H,19,20,21);. The Bertz CT molecular complexity index is 789. The number of hydrogen-bond acceptors (Lipinski definition) is 5. The van der Waals surface area contributed by atoms with Crippen LogP contribution < -0.4 is 4.74 Å². The monoisotopic (exact) mass is 375 g/mol. The van der Waals surface area contributed by atoms with Crippen LogP contribution >= 0.6 is 0 Å². The van der Waals surface area contributed by atoms with E-state index in [4.69, 9.17) is 9.29 Å². The molecule has 0 saturated heterocycles. The maximum absolute atomic E-state index is 12.3. The number of benzene rings is 2. The van der Waals surface area contributed by atoms with Crippen LogP contribution in [0.1, 0.15) is 22.3 Å². The normalized spacial score (nSPS) is 10.7. The number of phenolic OH excluding ortho intramolecular Hbond substituents is 1. The number of ether oxygens (including phenoxy) is 1. The third kappa shape index (κ3) is 6.64. The van der Waals surface area contributed by atoms with Crippen LogP contribution in [-0.4, -0.2) is 87.6 Å². The summed E-state index contributed by atoms with van der Waals surface area (Å²) >= 11 is 0. The van der Waals surface area contributed by atoms with Crippen LogP contribution in [0.5, 0.6) is 11.5 Å². The Labute approximate surface area is 183 Å². The zero-order chi connectivity index (χ0) is 16.9. The van der Waals surface area contributed by atoms with Gasteiger partial charge in [-0.25, -0.2) is 0 Å². The van der Waals surface area contributed by atoms with Crippen molar-refractivity contribution in [2.24, 2.45) is 0 Å². The molecule has 0 spiro atoms. The largest absolute Gasteiger partial charge is 0.507 e. The SMILES string of the molecule is O=C(c1ccccc1)c1ccc(OCCCS(=O)(=O)O)cc1O.[K]. The number of rotatable bonds is 7. The maximum Gasteiger partial charge on any atom is 0.264 e. The Morgan fingerprint density at radius 1 is 1.08 bits per heavy atom. The fraction of sp³-hybridized carbons (Fsp3) is 0.188. The number of ketones is 1. The van der Waals surface area contributed by atoms with Crippen LogP contribution in [0.3, 0.4) is 0 Å².